The number of amides is 1. The van der Waals surface area contributed by atoms with Crippen molar-refractivity contribution in [2.24, 2.45) is 0 Å². The molecule has 1 aromatic heterocycles. The van der Waals surface area contributed by atoms with Crippen LogP contribution < -0.4 is 10.6 Å². The molecule has 0 bridgehead atoms. The summed E-state index contributed by atoms with van der Waals surface area (Å²) < 4.78 is 1.22. The number of hydrogen-bond acceptors (Lipinski definition) is 4. The molecule has 0 saturated heterocycles. The van der Waals surface area contributed by atoms with Crippen LogP contribution in [-0.4, -0.2) is 31.0 Å². The van der Waals surface area contributed by atoms with Crippen LogP contribution in [0.4, 0.5) is 0 Å². The van der Waals surface area contributed by atoms with Crippen LogP contribution >= 0.6 is 36.2 Å². The Morgan fingerprint density at radius 1 is 1.18 bits per heavy atom. The minimum atomic E-state index is 0. The van der Waals surface area contributed by atoms with Crippen LogP contribution in [0.15, 0.2) is 24.3 Å². The molecule has 0 fully saturated rings. The lowest BCUT2D eigenvalue weighted by molar-refractivity contribution is -0.121. The Hall–Kier alpha value is -0.880. The fourth-order valence-electron chi connectivity index (χ4n) is 2.01. The molecule has 1 heterocycles. The van der Waals surface area contributed by atoms with E-state index in [0.717, 1.165) is 42.9 Å². The molecule has 0 atom stereocenters. The van der Waals surface area contributed by atoms with Gasteiger partial charge in [-0.25, -0.2) is 4.98 Å². The minimum absolute atomic E-state index is 0. The van der Waals surface area contributed by atoms with Gasteiger partial charge in [-0.3, -0.25) is 4.79 Å². The fourth-order valence-corrected chi connectivity index (χ4v) is 3.02. The maximum Gasteiger partial charge on any atom is 0.220 e. The first-order chi connectivity index (χ1) is 9.79. The van der Waals surface area contributed by atoms with Gasteiger partial charge in [0.1, 0.15) is 0 Å². The molecule has 0 saturated carbocycles. The second kappa shape index (κ2) is 11.7. The highest BCUT2D eigenvalue weighted by molar-refractivity contribution is 7.18. The molecule has 0 spiro atoms. The van der Waals surface area contributed by atoms with Crippen molar-refractivity contribution in [3.63, 3.8) is 0 Å². The Morgan fingerprint density at radius 3 is 2.68 bits per heavy atom. The monoisotopic (exact) mass is 363 g/mol. The number of para-hydroxylation sites is 1. The quantitative estimate of drug-likeness (QED) is 0.708. The van der Waals surface area contributed by atoms with Crippen molar-refractivity contribution in [1.29, 1.82) is 0 Å². The van der Waals surface area contributed by atoms with Crippen LogP contribution in [0.5, 0.6) is 0 Å². The van der Waals surface area contributed by atoms with Crippen molar-refractivity contribution in [2.45, 2.75) is 25.7 Å². The molecule has 124 valence electrons. The number of carbonyl (C=O) groups excluding carboxylic acids is 1. The van der Waals surface area contributed by atoms with Crippen molar-refractivity contribution < 1.29 is 4.79 Å². The number of hydrogen-bond donors (Lipinski definition) is 2. The van der Waals surface area contributed by atoms with Gasteiger partial charge in [0.05, 0.1) is 15.2 Å². The molecule has 7 heteroatoms. The summed E-state index contributed by atoms with van der Waals surface area (Å²) in [6, 6.07) is 8.15. The Kier molecular flexibility index (Phi) is 11.2. The lowest BCUT2D eigenvalue weighted by Gasteiger charge is -2.04. The van der Waals surface area contributed by atoms with E-state index in [1.54, 1.807) is 11.3 Å². The second-order valence-corrected chi connectivity index (χ2v) is 5.85. The molecular formula is C15H23Cl2N3OS. The highest BCUT2D eigenvalue weighted by Gasteiger charge is 2.05. The molecular weight excluding hydrogens is 341 g/mol. The summed E-state index contributed by atoms with van der Waals surface area (Å²) in [5, 5.41) is 7.11. The van der Waals surface area contributed by atoms with Gasteiger partial charge in [0, 0.05) is 13.0 Å². The molecule has 1 aromatic carbocycles. The molecule has 2 aromatic rings. The maximum absolute atomic E-state index is 11.6. The van der Waals surface area contributed by atoms with Crippen molar-refractivity contribution in [2.75, 3.05) is 20.1 Å². The van der Waals surface area contributed by atoms with Gasteiger partial charge in [0.2, 0.25) is 5.91 Å². The number of fused-ring (bicyclic) bond motifs is 1. The van der Waals surface area contributed by atoms with Gasteiger partial charge in [0.15, 0.2) is 0 Å². The normalized spacial score (nSPS) is 9.86. The highest BCUT2D eigenvalue weighted by atomic mass is 35.5. The zero-order valence-electron chi connectivity index (χ0n) is 12.6. The predicted molar refractivity (Wildman–Crippen MR) is 98.6 cm³/mol. The van der Waals surface area contributed by atoms with Crippen LogP contribution in [-0.2, 0) is 11.2 Å². The summed E-state index contributed by atoms with van der Waals surface area (Å²) in [6.07, 6.45) is 3.29. The van der Waals surface area contributed by atoms with Crippen molar-refractivity contribution in [1.82, 2.24) is 15.6 Å². The molecule has 0 radical (unpaired) electrons. The van der Waals surface area contributed by atoms with Crippen LogP contribution in [0.25, 0.3) is 10.2 Å². The van der Waals surface area contributed by atoms with Crippen molar-refractivity contribution in [3.8, 4) is 0 Å². The Morgan fingerprint density at radius 2 is 1.95 bits per heavy atom. The highest BCUT2D eigenvalue weighted by Crippen LogP contribution is 2.22. The average molecular weight is 364 g/mol. The summed E-state index contributed by atoms with van der Waals surface area (Å²) in [5.41, 5.74) is 1.06. The molecule has 0 unspecified atom stereocenters. The Balaban J connectivity index is 0.00000220. The first-order valence-electron chi connectivity index (χ1n) is 7.05. The topological polar surface area (TPSA) is 54.0 Å². The average Bonchev–Trinajstić information content (AvgIpc) is 2.86. The number of thiazole rings is 1. The van der Waals surface area contributed by atoms with Gasteiger partial charge in [-0.2, -0.15) is 0 Å². The van der Waals surface area contributed by atoms with E-state index in [-0.39, 0.29) is 30.7 Å². The number of rotatable bonds is 8. The smallest absolute Gasteiger partial charge is 0.220 e. The summed E-state index contributed by atoms with van der Waals surface area (Å²) in [5.74, 6) is 0.141. The lowest BCUT2D eigenvalue weighted by Crippen LogP contribution is -2.26. The molecule has 0 aliphatic rings. The van der Waals surface area contributed by atoms with Gasteiger partial charge in [0.25, 0.3) is 0 Å². The molecule has 22 heavy (non-hydrogen) atoms. The van der Waals surface area contributed by atoms with E-state index < -0.39 is 0 Å². The third-order valence-electron chi connectivity index (χ3n) is 3.06. The van der Waals surface area contributed by atoms with Crippen LogP contribution in [0, 0.1) is 0 Å². The molecule has 2 rings (SSSR count). The van der Waals surface area contributed by atoms with Crippen LogP contribution in [0.3, 0.4) is 0 Å². The second-order valence-electron chi connectivity index (χ2n) is 4.74. The van der Waals surface area contributed by atoms with Gasteiger partial charge in [-0.1, -0.05) is 12.1 Å². The number of aryl methyl sites for hydroxylation is 1. The van der Waals surface area contributed by atoms with E-state index in [2.05, 4.69) is 21.7 Å². The summed E-state index contributed by atoms with van der Waals surface area (Å²) in [6.45, 7) is 1.69. The molecule has 0 aliphatic heterocycles. The lowest BCUT2D eigenvalue weighted by atomic mass is 10.2. The first-order valence-corrected chi connectivity index (χ1v) is 7.87. The zero-order chi connectivity index (χ0) is 14.2. The number of benzene rings is 1. The van der Waals surface area contributed by atoms with E-state index in [1.165, 1.54) is 4.70 Å². The van der Waals surface area contributed by atoms with Gasteiger partial charge in [-0.15, -0.1) is 36.2 Å². The summed E-state index contributed by atoms with van der Waals surface area (Å²) >= 11 is 1.72. The van der Waals surface area contributed by atoms with E-state index >= 15 is 0 Å². The van der Waals surface area contributed by atoms with E-state index in [1.807, 2.05) is 25.2 Å². The van der Waals surface area contributed by atoms with Gasteiger partial charge in [-0.05, 0) is 45.0 Å². The Bertz CT molecular complexity index is 529. The van der Waals surface area contributed by atoms with Gasteiger partial charge >= 0.3 is 0 Å². The predicted octanol–water partition coefficient (Wildman–Crippen LogP) is 3.19. The zero-order valence-corrected chi connectivity index (χ0v) is 15.1. The minimum Gasteiger partial charge on any atom is -0.356 e. The number of carbonyl (C=O) groups is 1. The first kappa shape index (κ1) is 21.1. The molecule has 4 nitrogen and oxygen atoms in total. The van der Waals surface area contributed by atoms with Crippen LogP contribution in [0.1, 0.15) is 24.3 Å². The standard InChI is InChI=1S/C15H21N3OS.2ClH/c1-16-10-5-11-17-14(19)8-4-9-15-18-12-6-2-3-7-13(12)20-15;;/h2-3,6-7,16H,4-5,8-11H2,1H3,(H,17,19);2*1H. The van der Waals surface area contributed by atoms with Crippen molar-refractivity contribution >= 4 is 52.3 Å². The third kappa shape index (κ3) is 6.92. The fraction of sp³-hybridized carbons (Fsp3) is 0.467. The van der Waals surface area contributed by atoms with E-state index in [0.29, 0.717) is 6.42 Å². The number of halogens is 2. The third-order valence-corrected chi connectivity index (χ3v) is 4.15. The number of nitrogens with one attached hydrogen (secondary N) is 2. The molecule has 0 aliphatic carbocycles. The summed E-state index contributed by atoms with van der Waals surface area (Å²) in [7, 11) is 1.92. The number of nitrogens with zero attached hydrogens (tertiary/aromatic N) is 1. The molecule has 1 amide bonds. The van der Waals surface area contributed by atoms with Crippen molar-refractivity contribution in [3.05, 3.63) is 29.3 Å². The SMILES string of the molecule is CNCCCNC(=O)CCCc1nc2ccccc2s1.Cl.Cl. The van der Waals surface area contributed by atoms with Gasteiger partial charge < -0.3 is 10.6 Å². The van der Waals surface area contributed by atoms with E-state index in [4.69, 9.17) is 0 Å². The van der Waals surface area contributed by atoms with E-state index in [9.17, 15) is 4.79 Å². The van der Waals surface area contributed by atoms with Crippen LogP contribution in [0.2, 0.25) is 0 Å². The Labute approximate surface area is 147 Å². The summed E-state index contributed by atoms with van der Waals surface area (Å²) in [4.78, 5) is 16.2. The molecule has 2 N–H and O–H groups in total. The number of aromatic nitrogens is 1. The largest absolute Gasteiger partial charge is 0.356 e. The maximum atomic E-state index is 11.6.